The molecule has 0 aromatic heterocycles. The Balaban J connectivity index is 4.08. The second-order valence-corrected chi connectivity index (χ2v) is 19.5. The van der Waals surface area contributed by atoms with Crippen LogP contribution in [0.5, 0.6) is 0 Å². The maximum absolute atomic E-state index is 12.8. The molecule has 0 aromatic carbocycles. The molecule has 1 atom stereocenters. The molecule has 0 heterocycles. The first-order chi connectivity index (χ1) is 35.5. The van der Waals surface area contributed by atoms with Crippen molar-refractivity contribution in [1.29, 1.82) is 0 Å². The van der Waals surface area contributed by atoms with Crippen molar-refractivity contribution in [3.05, 3.63) is 109 Å². The molecule has 0 rings (SSSR count). The average molecular weight is 1000 g/mol. The fourth-order valence-electron chi connectivity index (χ4n) is 8.11. The third-order valence-corrected chi connectivity index (χ3v) is 12.5. The van der Waals surface area contributed by atoms with E-state index in [1.54, 1.807) is 0 Å². The van der Waals surface area contributed by atoms with E-state index in [9.17, 15) is 14.4 Å². The second-order valence-electron chi connectivity index (χ2n) is 19.5. The Morgan fingerprint density at radius 3 is 0.847 bits per heavy atom. The zero-order valence-corrected chi connectivity index (χ0v) is 46.9. The minimum Gasteiger partial charge on any atom is -0.462 e. The lowest BCUT2D eigenvalue weighted by Crippen LogP contribution is -2.30. The molecule has 0 aliphatic heterocycles. The van der Waals surface area contributed by atoms with Gasteiger partial charge in [-0.1, -0.05) is 259 Å². The highest BCUT2D eigenvalue weighted by molar-refractivity contribution is 5.71. The summed E-state index contributed by atoms with van der Waals surface area (Å²) in [5.41, 5.74) is 0. The molecule has 0 aliphatic rings. The Bertz CT molecular complexity index is 1470. The van der Waals surface area contributed by atoms with Crippen molar-refractivity contribution in [3.63, 3.8) is 0 Å². The van der Waals surface area contributed by atoms with Crippen molar-refractivity contribution in [3.8, 4) is 0 Å². The molecule has 72 heavy (non-hydrogen) atoms. The third kappa shape index (κ3) is 57.0. The fraction of sp³-hybridized carbons (Fsp3) is 0.682. The summed E-state index contributed by atoms with van der Waals surface area (Å²) in [4.78, 5) is 37.9. The summed E-state index contributed by atoms with van der Waals surface area (Å²) in [5.74, 6) is -0.902. The molecule has 0 N–H and O–H groups in total. The van der Waals surface area contributed by atoms with Crippen LogP contribution in [0.3, 0.4) is 0 Å². The quantitative estimate of drug-likeness (QED) is 0.0261. The van der Waals surface area contributed by atoms with Gasteiger partial charge < -0.3 is 14.2 Å². The monoisotopic (exact) mass is 999 g/mol. The zero-order valence-electron chi connectivity index (χ0n) is 46.9. The predicted molar refractivity (Wildman–Crippen MR) is 311 cm³/mol. The van der Waals surface area contributed by atoms with Crippen LogP contribution in [0.15, 0.2) is 109 Å². The van der Waals surface area contributed by atoms with E-state index in [-0.39, 0.29) is 31.1 Å². The first-order valence-corrected chi connectivity index (χ1v) is 29.9. The second kappa shape index (κ2) is 59.6. The first-order valence-electron chi connectivity index (χ1n) is 29.9. The number of rotatable bonds is 53. The molecule has 0 saturated carbocycles. The molecule has 1 unspecified atom stereocenters. The molecule has 0 spiro atoms. The van der Waals surface area contributed by atoms with Gasteiger partial charge in [0.15, 0.2) is 6.10 Å². The van der Waals surface area contributed by atoms with Gasteiger partial charge in [0.1, 0.15) is 13.2 Å². The maximum atomic E-state index is 12.8. The SMILES string of the molecule is CC/C=C\C/C=C\C/C=C\C/C=C\C/C=C\C/C=C\CCCCCCCCCCCCCCC(=O)OCC(COC(=O)CCCCCCCC)OC(=O)CCCCCCCCC/C=C\C/C=C\C/C=C\CC. The molecule has 6 nitrogen and oxygen atoms in total. The maximum Gasteiger partial charge on any atom is 0.306 e. The Morgan fingerprint density at radius 2 is 0.542 bits per heavy atom. The van der Waals surface area contributed by atoms with Gasteiger partial charge in [0, 0.05) is 19.3 Å². The Kier molecular flexibility index (Phi) is 56.4. The van der Waals surface area contributed by atoms with Crippen molar-refractivity contribution in [2.75, 3.05) is 13.2 Å². The Morgan fingerprint density at radius 1 is 0.292 bits per heavy atom. The van der Waals surface area contributed by atoms with Crippen molar-refractivity contribution in [2.24, 2.45) is 0 Å². The normalized spacial score (nSPS) is 12.9. The number of unbranched alkanes of at least 4 members (excludes halogenated alkanes) is 24. The van der Waals surface area contributed by atoms with Crippen molar-refractivity contribution in [1.82, 2.24) is 0 Å². The van der Waals surface area contributed by atoms with Gasteiger partial charge >= 0.3 is 17.9 Å². The molecule has 0 aromatic rings. The summed E-state index contributed by atoms with van der Waals surface area (Å²) in [6.07, 6.45) is 81.2. The van der Waals surface area contributed by atoms with E-state index < -0.39 is 6.10 Å². The lowest BCUT2D eigenvalue weighted by molar-refractivity contribution is -0.167. The van der Waals surface area contributed by atoms with Crippen LogP contribution < -0.4 is 0 Å². The van der Waals surface area contributed by atoms with Crippen LogP contribution in [-0.2, 0) is 28.6 Å². The van der Waals surface area contributed by atoms with Crippen molar-refractivity contribution in [2.45, 2.75) is 277 Å². The highest BCUT2D eigenvalue weighted by atomic mass is 16.6. The van der Waals surface area contributed by atoms with E-state index in [0.29, 0.717) is 19.3 Å². The number of carbonyl (C=O) groups is 3. The van der Waals surface area contributed by atoms with Gasteiger partial charge in [0.05, 0.1) is 0 Å². The number of carbonyl (C=O) groups excluding carboxylic acids is 3. The number of ether oxygens (including phenoxy) is 3. The number of esters is 3. The molecule has 6 heteroatoms. The van der Waals surface area contributed by atoms with Gasteiger partial charge in [-0.25, -0.2) is 0 Å². The van der Waals surface area contributed by atoms with Crippen molar-refractivity contribution < 1.29 is 28.6 Å². The summed E-state index contributed by atoms with van der Waals surface area (Å²) in [5, 5.41) is 0. The van der Waals surface area contributed by atoms with Crippen LogP contribution in [-0.4, -0.2) is 37.2 Å². The molecule has 0 bridgehead atoms. The Hall–Kier alpha value is -3.93. The van der Waals surface area contributed by atoms with E-state index in [2.05, 4.69) is 130 Å². The number of allylic oxidation sites excluding steroid dienone is 18. The van der Waals surface area contributed by atoms with Crippen LogP contribution in [0.1, 0.15) is 271 Å². The molecule has 0 aliphatic carbocycles. The van der Waals surface area contributed by atoms with E-state index >= 15 is 0 Å². The molecule has 0 saturated heterocycles. The number of hydrogen-bond donors (Lipinski definition) is 0. The van der Waals surface area contributed by atoms with E-state index in [1.807, 2.05) is 0 Å². The lowest BCUT2D eigenvalue weighted by Gasteiger charge is -2.18. The van der Waals surface area contributed by atoms with Gasteiger partial charge in [-0.2, -0.15) is 0 Å². The van der Waals surface area contributed by atoms with E-state index in [0.717, 1.165) is 122 Å². The summed E-state index contributed by atoms with van der Waals surface area (Å²) in [6.45, 7) is 6.35. The summed E-state index contributed by atoms with van der Waals surface area (Å²) < 4.78 is 16.8. The van der Waals surface area contributed by atoms with Crippen LogP contribution in [0.25, 0.3) is 0 Å². The average Bonchev–Trinajstić information content (AvgIpc) is 3.38. The largest absolute Gasteiger partial charge is 0.462 e. The topological polar surface area (TPSA) is 78.9 Å². The van der Waals surface area contributed by atoms with Gasteiger partial charge in [0.25, 0.3) is 0 Å². The first kappa shape index (κ1) is 68.1. The fourth-order valence-corrected chi connectivity index (χ4v) is 8.11. The van der Waals surface area contributed by atoms with Crippen LogP contribution in [0.4, 0.5) is 0 Å². The summed E-state index contributed by atoms with van der Waals surface area (Å²) in [7, 11) is 0. The molecule has 410 valence electrons. The summed E-state index contributed by atoms with van der Waals surface area (Å²) >= 11 is 0. The standard InChI is InChI=1S/C66H110O6/c1-4-7-10-13-16-18-20-22-24-26-27-28-29-30-31-32-33-34-35-36-37-38-39-41-42-44-46-48-50-53-56-59-65(68)71-62-63(61-70-64(67)58-55-52-15-12-9-6-3)72-66(69)60-57-54-51-49-47-45-43-40-25-23-21-19-17-14-11-8-5-2/h7-8,10-11,16-19,22-25,27-28,30-31,33-34,63H,4-6,9,12-15,20-21,26,29,32,35-62H2,1-3H3/b10-7-,11-8-,18-16-,19-17-,24-22-,25-23-,28-27-,31-30-,34-33-. The highest BCUT2D eigenvalue weighted by Gasteiger charge is 2.19. The van der Waals surface area contributed by atoms with Crippen molar-refractivity contribution >= 4 is 17.9 Å². The van der Waals surface area contributed by atoms with E-state index in [4.69, 9.17) is 14.2 Å². The highest BCUT2D eigenvalue weighted by Crippen LogP contribution is 2.15. The predicted octanol–water partition coefficient (Wildman–Crippen LogP) is 20.3. The third-order valence-electron chi connectivity index (χ3n) is 12.5. The van der Waals surface area contributed by atoms with E-state index in [1.165, 1.54) is 109 Å². The van der Waals surface area contributed by atoms with Gasteiger partial charge in [-0.15, -0.1) is 0 Å². The van der Waals surface area contributed by atoms with Crippen LogP contribution in [0, 0.1) is 0 Å². The van der Waals surface area contributed by atoms with Gasteiger partial charge in [0.2, 0.25) is 0 Å². The molecule has 0 amide bonds. The molecular formula is C66H110O6. The molecule has 0 radical (unpaired) electrons. The number of hydrogen-bond acceptors (Lipinski definition) is 6. The summed E-state index contributed by atoms with van der Waals surface area (Å²) in [6, 6.07) is 0. The van der Waals surface area contributed by atoms with Gasteiger partial charge in [-0.3, -0.25) is 14.4 Å². The molecular weight excluding hydrogens is 889 g/mol. The minimum absolute atomic E-state index is 0.0821. The smallest absolute Gasteiger partial charge is 0.306 e. The zero-order chi connectivity index (χ0) is 52.2. The molecule has 0 fully saturated rings. The lowest BCUT2D eigenvalue weighted by atomic mass is 10.0. The van der Waals surface area contributed by atoms with Crippen LogP contribution >= 0.6 is 0 Å². The van der Waals surface area contributed by atoms with Gasteiger partial charge in [-0.05, 0) is 103 Å². The minimum atomic E-state index is -0.781. The van der Waals surface area contributed by atoms with Crippen LogP contribution in [0.2, 0.25) is 0 Å². The Labute approximate surface area is 444 Å².